The molecule has 1 aliphatic rings. The molecule has 44 heavy (non-hydrogen) atoms. The van der Waals surface area contributed by atoms with Gasteiger partial charge in [0.15, 0.2) is 0 Å². The second-order valence-electron chi connectivity index (χ2n) is 11.7. The average Bonchev–Trinajstić information content (AvgIpc) is 2.97. The van der Waals surface area contributed by atoms with Gasteiger partial charge in [0.1, 0.15) is 23.0 Å². The highest BCUT2D eigenvalue weighted by Crippen LogP contribution is 2.27. The summed E-state index contributed by atoms with van der Waals surface area (Å²) in [5.74, 6) is -1.90. The van der Waals surface area contributed by atoms with E-state index in [2.05, 4.69) is 22.5 Å². The van der Waals surface area contributed by atoms with Gasteiger partial charge < -0.3 is 26.6 Å². The number of aryl methyl sites for hydroxylation is 1. The van der Waals surface area contributed by atoms with Gasteiger partial charge in [-0.15, -0.1) is 6.58 Å². The molecule has 2 aromatic rings. The number of hydrogen-bond donors (Lipinski definition) is 4. The van der Waals surface area contributed by atoms with Gasteiger partial charge in [-0.1, -0.05) is 48.0 Å². The van der Waals surface area contributed by atoms with Crippen molar-refractivity contribution in [2.75, 3.05) is 7.05 Å². The average molecular weight is 628 g/mol. The van der Waals surface area contributed by atoms with E-state index in [1.54, 1.807) is 37.9 Å². The number of nitrogens with one attached hydrogen (secondary N) is 3. The normalized spacial score (nSPS) is 16.6. The lowest BCUT2D eigenvalue weighted by Gasteiger charge is -2.34. The predicted octanol–water partition coefficient (Wildman–Crippen LogP) is 5.49. The van der Waals surface area contributed by atoms with Crippen molar-refractivity contribution in [1.29, 1.82) is 0 Å². The third-order valence-electron chi connectivity index (χ3n) is 8.17. The van der Waals surface area contributed by atoms with Crippen LogP contribution in [0.15, 0.2) is 73.2 Å². The van der Waals surface area contributed by atoms with Crippen LogP contribution in [0, 0.1) is 17.6 Å². The first-order chi connectivity index (χ1) is 20.9. The van der Waals surface area contributed by atoms with Crippen molar-refractivity contribution >= 4 is 23.4 Å². The molecule has 0 saturated carbocycles. The van der Waals surface area contributed by atoms with Gasteiger partial charge in [-0.05, 0) is 81.7 Å². The molecule has 0 saturated heterocycles. The van der Waals surface area contributed by atoms with E-state index >= 15 is 0 Å². The summed E-state index contributed by atoms with van der Waals surface area (Å²) in [5, 5.41) is 9.71. The highest BCUT2D eigenvalue weighted by Gasteiger charge is 2.33. The molecule has 0 fully saturated rings. The van der Waals surface area contributed by atoms with Crippen LogP contribution in [0.1, 0.15) is 56.7 Å². The van der Waals surface area contributed by atoms with Crippen LogP contribution in [-0.4, -0.2) is 41.4 Å². The number of allylic oxidation sites excluding steroid dienone is 2. The van der Waals surface area contributed by atoms with E-state index in [1.165, 1.54) is 12.3 Å². The second kappa shape index (κ2) is 15.9. The summed E-state index contributed by atoms with van der Waals surface area (Å²) >= 11 is 6.22. The Bertz CT molecular complexity index is 1390. The molecule has 2 unspecified atom stereocenters. The number of fused-ring (bicyclic) bond motifs is 1. The number of hydrogen-bond acceptors (Lipinski definition) is 5. The number of rotatable bonds is 14. The highest BCUT2D eigenvalue weighted by molar-refractivity contribution is 6.31. The first-order valence-corrected chi connectivity index (χ1v) is 15.2. The molecule has 0 spiro atoms. The summed E-state index contributed by atoms with van der Waals surface area (Å²) in [4.78, 5) is 28.5. The van der Waals surface area contributed by atoms with Crippen LogP contribution in [0.4, 0.5) is 8.78 Å². The summed E-state index contributed by atoms with van der Waals surface area (Å²) < 4.78 is 28.4. The van der Waals surface area contributed by atoms with E-state index in [0.717, 1.165) is 11.6 Å². The Hall–Kier alpha value is -3.69. The SMILES string of the molecule is C=CCCC(/C=C\C)[C@H](NC1CCc2cc(F)cc(F)c2C1)C(=O)N/C(N)=C/N(C)C(C)(C)C(=O)NCc1ccccc1Cl. The van der Waals surface area contributed by atoms with Gasteiger partial charge in [0.05, 0.1) is 6.04 Å². The molecule has 3 rings (SSSR count). The Morgan fingerprint density at radius 2 is 1.98 bits per heavy atom. The molecule has 1 aliphatic carbocycles. The zero-order valence-electron chi connectivity index (χ0n) is 25.9. The van der Waals surface area contributed by atoms with Gasteiger partial charge in [0, 0.05) is 42.8 Å². The minimum Gasteiger partial charge on any atom is -0.384 e. The molecule has 5 N–H and O–H groups in total. The standard InChI is InChI=1S/C34H44ClF2N5O2/c1-6-8-12-22(11-7-2)31(40-26-16-15-23-17-25(36)18-29(37)27(23)19-26)32(43)41-30(38)21-42(5)34(3,4)33(44)39-20-24-13-9-10-14-28(24)35/h6-7,9-11,13-14,17-18,21-22,26,31,40H,1,8,12,15-16,19-20,38H2,2-5H3,(H,39,44)(H,41,43)/b11-7-,30-21+/t22?,26?,31-/m0/s1. The topological polar surface area (TPSA) is 99.5 Å². The number of nitrogens with zero attached hydrogens (tertiary/aromatic N) is 1. The number of carbonyl (C=O) groups excluding carboxylic acids is 2. The zero-order chi connectivity index (χ0) is 32.4. The number of carbonyl (C=O) groups is 2. The largest absolute Gasteiger partial charge is 0.384 e. The van der Waals surface area contributed by atoms with Crippen molar-refractivity contribution < 1.29 is 18.4 Å². The maximum Gasteiger partial charge on any atom is 0.245 e. The maximum absolute atomic E-state index is 14.6. The molecule has 10 heteroatoms. The van der Waals surface area contributed by atoms with Gasteiger partial charge in [-0.25, -0.2) is 8.78 Å². The van der Waals surface area contributed by atoms with Gasteiger partial charge in [-0.3, -0.25) is 9.59 Å². The van der Waals surface area contributed by atoms with Crippen molar-refractivity contribution in [3.05, 3.63) is 107 Å². The molecule has 2 aromatic carbocycles. The molecule has 3 atom stereocenters. The summed E-state index contributed by atoms with van der Waals surface area (Å²) in [5.41, 5.74) is 7.21. The van der Waals surface area contributed by atoms with Crippen molar-refractivity contribution in [2.24, 2.45) is 11.7 Å². The molecule has 0 aromatic heterocycles. The molecule has 7 nitrogen and oxygen atoms in total. The quantitative estimate of drug-likeness (QED) is 0.208. The van der Waals surface area contributed by atoms with Crippen LogP contribution < -0.4 is 21.7 Å². The van der Waals surface area contributed by atoms with E-state index in [4.69, 9.17) is 17.3 Å². The first-order valence-electron chi connectivity index (χ1n) is 14.9. The summed E-state index contributed by atoms with van der Waals surface area (Å²) in [7, 11) is 1.70. The molecule has 0 bridgehead atoms. The number of nitrogens with two attached hydrogens (primary N) is 1. The first kappa shape index (κ1) is 34.8. The maximum atomic E-state index is 14.6. The van der Waals surface area contributed by atoms with Gasteiger partial charge in [0.25, 0.3) is 0 Å². The Balaban J connectivity index is 1.74. The van der Waals surface area contributed by atoms with Crippen LogP contribution in [-0.2, 0) is 29.0 Å². The third kappa shape index (κ3) is 9.16. The minimum atomic E-state index is -1.01. The number of halogens is 3. The zero-order valence-corrected chi connectivity index (χ0v) is 26.7. The lowest BCUT2D eigenvalue weighted by molar-refractivity contribution is -0.129. The monoisotopic (exact) mass is 627 g/mol. The molecular formula is C34H44ClF2N5O2. The predicted molar refractivity (Wildman–Crippen MR) is 172 cm³/mol. The van der Waals surface area contributed by atoms with Crippen molar-refractivity contribution in [3.8, 4) is 0 Å². The fourth-order valence-electron chi connectivity index (χ4n) is 5.32. The Kier molecular flexibility index (Phi) is 12.5. The van der Waals surface area contributed by atoms with E-state index in [0.29, 0.717) is 48.3 Å². The van der Waals surface area contributed by atoms with Gasteiger partial charge >= 0.3 is 0 Å². The summed E-state index contributed by atoms with van der Waals surface area (Å²) in [6, 6.07) is 8.67. The van der Waals surface area contributed by atoms with E-state index in [-0.39, 0.29) is 36.1 Å². The number of benzene rings is 2. The Labute approximate surface area is 264 Å². The van der Waals surface area contributed by atoms with Crippen LogP contribution in [0.25, 0.3) is 0 Å². The Morgan fingerprint density at radius 3 is 2.66 bits per heavy atom. The van der Waals surface area contributed by atoms with E-state index < -0.39 is 23.2 Å². The lowest BCUT2D eigenvalue weighted by Crippen LogP contribution is -2.54. The van der Waals surface area contributed by atoms with Gasteiger partial charge in [0.2, 0.25) is 11.8 Å². The second-order valence-corrected chi connectivity index (χ2v) is 12.1. The minimum absolute atomic E-state index is 0.0646. The van der Waals surface area contributed by atoms with Crippen LogP contribution in [0.2, 0.25) is 5.02 Å². The third-order valence-corrected chi connectivity index (χ3v) is 8.54. The molecule has 0 radical (unpaired) electrons. The lowest BCUT2D eigenvalue weighted by atomic mass is 9.85. The van der Waals surface area contributed by atoms with Crippen LogP contribution >= 0.6 is 11.6 Å². The fraction of sp³-hybridized carbons (Fsp3) is 0.412. The molecule has 0 aliphatic heterocycles. The van der Waals surface area contributed by atoms with Crippen molar-refractivity contribution in [1.82, 2.24) is 20.9 Å². The van der Waals surface area contributed by atoms with Crippen LogP contribution in [0.5, 0.6) is 0 Å². The Morgan fingerprint density at radius 1 is 1.25 bits per heavy atom. The fourth-order valence-corrected chi connectivity index (χ4v) is 5.53. The summed E-state index contributed by atoms with van der Waals surface area (Å²) in [6.45, 7) is 9.46. The van der Waals surface area contributed by atoms with Crippen LogP contribution in [0.3, 0.4) is 0 Å². The van der Waals surface area contributed by atoms with Gasteiger partial charge in [-0.2, -0.15) is 0 Å². The number of amides is 2. The molecule has 238 valence electrons. The summed E-state index contributed by atoms with van der Waals surface area (Å²) in [6.07, 6.45) is 9.97. The molecule has 2 amide bonds. The molecular weight excluding hydrogens is 584 g/mol. The van der Waals surface area contributed by atoms with E-state index in [1.807, 2.05) is 37.3 Å². The van der Waals surface area contributed by atoms with Crippen molar-refractivity contribution in [2.45, 2.75) is 77.0 Å². The van der Waals surface area contributed by atoms with E-state index in [9.17, 15) is 18.4 Å². The number of likely N-dealkylation sites (N-methyl/N-ethyl adjacent to an activating group) is 1. The highest BCUT2D eigenvalue weighted by atomic mass is 35.5. The smallest absolute Gasteiger partial charge is 0.245 e. The van der Waals surface area contributed by atoms with Crippen molar-refractivity contribution in [3.63, 3.8) is 0 Å². The molecule has 0 heterocycles.